The zero-order valence-electron chi connectivity index (χ0n) is 15.2. The van der Waals surface area contributed by atoms with Crippen LogP contribution in [0.1, 0.15) is 28.3 Å². The van der Waals surface area contributed by atoms with Crippen LogP contribution < -0.4 is 4.90 Å². The van der Waals surface area contributed by atoms with E-state index in [4.69, 9.17) is 0 Å². The quantitative estimate of drug-likeness (QED) is 0.691. The second-order valence-electron chi connectivity index (χ2n) is 6.20. The summed E-state index contributed by atoms with van der Waals surface area (Å²) in [7, 11) is 5.64. The number of amides is 1. The zero-order chi connectivity index (χ0) is 18.7. The van der Waals surface area contributed by atoms with Gasteiger partial charge in [0, 0.05) is 43.8 Å². The van der Waals surface area contributed by atoms with Crippen LogP contribution in [0.5, 0.6) is 0 Å². The molecule has 0 spiro atoms. The molecule has 0 aliphatic carbocycles. The summed E-state index contributed by atoms with van der Waals surface area (Å²) in [5.74, 6) is 0.722. The summed E-state index contributed by atoms with van der Waals surface area (Å²) >= 11 is 1.55. The van der Waals surface area contributed by atoms with E-state index in [1.807, 2.05) is 55.6 Å². The molecule has 2 heterocycles. The van der Waals surface area contributed by atoms with E-state index >= 15 is 0 Å². The molecule has 1 amide bonds. The van der Waals surface area contributed by atoms with E-state index in [9.17, 15) is 4.79 Å². The first-order valence-electron chi connectivity index (χ1n) is 8.23. The molecule has 0 saturated heterocycles. The predicted octanol–water partition coefficient (Wildman–Crippen LogP) is 3.50. The van der Waals surface area contributed by atoms with Crippen LogP contribution in [-0.2, 0) is 0 Å². The Morgan fingerprint density at radius 3 is 2.69 bits per heavy atom. The number of thiazole rings is 1. The Morgan fingerprint density at radius 2 is 2.00 bits per heavy atom. The second kappa shape index (κ2) is 7.61. The van der Waals surface area contributed by atoms with Gasteiger partial charge >= 0.3 is 0 Å². The van der Waals surface area contributed by atoms with Gasteiger partial charge in [-0.15, -0.1) is 11.3 Å². The van der Waals surface area contributed by atoms with Crippen molar-refractivity contribution >= 4 is 23.1 Å². The summed E-state index contributed by atoms with van der Waals surface area (Å²) in [5.41, 5.74) is 2.22. The van der Waals surface area contributed by atoms with E-state index in [0.29, 0.717) is 5.56 Å². The lowest BCUT2D eigenvalue weighted by atomic mass is 10.1. The molecule has 7 heteroatoms. The number of rotatable bonds is 5. The highest BCUT2D eigenvalue weighted by Crippen LogP contribution is 2.24. The molecule has 1 atom stereocenters. The normalized spacial score (nSPS) is 11.8. The van der Waals surface area contributed by atoms with Gasteiger partial charge in [0.05, 0.1) is 24.1 Å². The van der Waals surface area contributed by atoms with Crippen molar-refractivity contribution in [2.75, 3.05) is 26.0 Å². The third kappa shape index (κ3) is 3.72. The molecular weight excluding hydrogens is 346 g/mol. The molecule has 2 aromatic heterocycles. The minimum absolute atomic E-state index is 0.0497. The Hall–Kier alpha value is -2.80. The Morgan fingerprint density at radius 1 is 1.19 bits per heavy atom. The van der Waals surface area contributed by atoms with E-state index in [1.54, 1.807) is 41.9 Å². The minimum atomic E-state index is -0.0805. The van der Waals surface area contributed by atoms with Crippen LogP contribution in [0.3, 0.4) is 0 Å². The maximum Gasteiger partial charge on any atom is 0.254 e. The molecule has 0 aliphatic heterocycles. The lowest BCUT2D eigenvalue weighted by Gasteiger charge is -2.23. The van der Waals surface area contributed by atoms with Crippen molar-refractivity contribution in [3.05, 3.63) is 58.8 Å². The molecule has 134 valence electrons. The molecule has 0 aliphatic rings. The molecule has 6 nitrogen and oxygen atoms in total. The molecule has 0 radical (unpaired) electrons. The van der Waals surface area contributed by atoms with Crippen molar-refractivity contribution in [3.8, 4) is 11.3 Å². The third-order valence-corrected chi connectivity index (χ3v) is 5.14. The van der Waals surface area contributed by atoms with Gasteiger partial charge in [0.2, 0.25) is 0 Å². The summed E-state index contributed by atoms with van der Waals surface area (Å²) in [6, 6.07) is 7.40. The standard InChI is InChI=1S/C19H21N5OS/c1-13(18-21-8-9-26-18)24(4)19(25)15-7-5-6-14(10-15)16-11-20-12-17(22-16)23(2)3/h5-13H,1-4H3. The number of anilines is 1. The van der Waals surface area contributed by atoms with Gasteiger partial charge in [-0.05, 0) is 19.1 Å². The van der Waals surface area contributed by atoms with E-state index in [0.717, 1.165) is 22.1 Å². The van der Waals surface area contributed by atoms with Crippen molar-refractivity contribution in [1.29, 1.82) is 0 Å². The van der Waals surface area contributed by atoms with Gasteiger partial charge in [-0.3, -0.25) is 9.78 Å². The van der Waals surface area contributed by atoms with Crippen molar-refractivity contribution in [2.24, 2.45) is 0 Å². The highest BCUT2D eigenvalue weighted by molar-refractivity contribution is 7.09. The predicted molar refractivity (Wildman–Crippen MR) is 104 cm³/mol. The van der Waals surface area contributed by atoms with Gasteiger partial charge in [0.1, 0.15) is 10.8 Å². The van der Waals surface area contributed by atoms with Crippen LogP contribution in [0.25, 0.3) is 11.3 Å². The summed E-state index contributed by atoms with van der Waals surface area (Å²) in [6.07, 6.45) is 5.17. The molecule has 26 heavy (non-hydrogen) atoms. The van der Waals surface area contributed by atoms with E-state index in [-0.39, 0.29) is 11.9 Å². The second-order valence-corrected chi connectivity index (χ2v) is 7.13. The van der Waals surface area contributed by atoms with Crippen molar-refractivity contribution in [1.82, 2.24) is 19.9 Å². The van der Waals surface area contributed by atoms with Gasteiger partial charge < -0.3 is 9.80 Å². The van der Waals surface area contributed by atoms with Crippen molar-refractivity contribution < 1.29 is 4.79 Å². The molecule has 3 aromatic rings. The first-order valence-corrected chi connectivity index (χ1v) is 9.11. The summed E-state index contributed by atoms with van der Waals surface area (Å²) < 4.78 is 0. The minimum Gasteiger partial charge on any atom is -0.361 e. The number of benzene rings is 1. The lowest BCUT2D eigenvalue weighted by molar-refractivity contribution is 0.0742. The molecule has 1 unspecified atom stereocenters. The maximum atomic E-state index is 12.9. The topological polar surface area (TPSA) is 62.2 Å². The molecular formula is C19H21N5OS. The lowest BCUT2D eigenvalue weighted by Crippen LogP contribution is -2.29. The van der Waals surface area contributed by atoms with Crippen LogP contribution in [-0.4, -0.2) is 46.9 Å². The number of nitrogens with zero attached hydrogens (tertiary/aromatic N) is 5. The smallest absolute Gasteiger partial charge is 0.254 e. The van der Waals surface area contributed by atoms with Gasteiger partial charge in [-0.2, -0.15) is 0 Å². The van der Waals surface area contributed by atoms with E-state index < -0.39 is 0 Å². The van der Waals surface area contributed by atoms with Crippen LogP contribution in [0.15, 0.2) is 48.2 Å². The summed E-state index contributed by atoms with van der Waals surface area (Å²) in [4.78, 5) is 29.7. The van der Waals surface area contributed by atoms with Crippen LogP contribution in [0, 0.1) is 0 Å². The first kappa shape index (κ1) is 18.0. The average Bonchev–Trinajstić information content (AvgIpc) is 3.21. The van der Waals surface area contributed by atoms with Crippen molar-refractivity contribution in [2.45, 2.75) is 13.0 Å². The fourth-order valence-electron chi connectivity index (χ4n) is 2.51. The third-order valence-electron chi connectivity index (χ3n) is 4.20. The average molecular weight is 367 g/mol. The highest BCUT2D eigenvalue weighted by Gasteiger charge is 2.21. The van der Waals surface area contributed by atoms with Gasteiger partial charge in [-0.1, -0.05) is 12.1 Å². The fraction of sp³-hybridized carbons (Fsp3) is 0.263. The summed E-state index contributed by atoms with van der Waals surface area (Å²) in [6.45, 7) is 1.98. The highest BCUT2D eigenvalue weighted by atomic mass is 32.1. The largest absolute Gasteiger partial charge is 0.361 e. The number of hydrogen-bond donors (Lipinski definition) is 0. The van der Waals surface area contributed by atoms with Gasteiger partial charge in [0.25, 0.3) is 5.91 Å². The number of aromatic nitrogens is 3. The number of hydrogen-bond acceptors (Lipinski definition) is 6. The molecule has 1 aromatic carbocycles. The molecule has 0 bridgehead atoms. The van der Waals surface area contributed by atoms with E-state index in [1.165, 1.54) is 0 Å². The molecule has 0 saturated carbocycles. The van der Waals surface area contributed by atoms with Gasteiger partial charge in [0.15, 0.2) is 0 Å². The maximum absolute atomic E-state index is 12.9. The van der Waals surface area contributed by atoms with E-state index in [2.05, 4.69) is 15.0 Å². The SMILES string of the molecule is CC(c1nccs1)N(C)C(=O)c1cccc(-c2cncc(N(C)C)n2)c1. The molecule has 0 N–H and O–H groups in total. The van der Waals surface area contributed by atoms with Gasteiger partial charge in [-0.25, -0.2) is 9.97 Å². The van der Waals surface area contributed by atoms with Crippen LogP contribution >= 0.6 is 11.3 Å². The first-order chi connectivity index (χ1) is 12.5. The molecule has 0 fully saturated rings. The Bertz CT molecular complexity index is 894. The number of carbonyl (C=O) groups is 1. The monoisotopic (exact) mass is 367 g/mol. The summed E-state index contributed by atoms with van der Waals surface area (Å²) in [5, 5.41) is 2.84. The number of carbonyl (C=O) groups excluding carboxylic acids is 1. The van der Waals surface area contributed by atoms with Crippen molar-refractivity contribution in [3.63, 3.8) is 0 Å². The Labute approximate surface area is 157 Å². The van der Waals surface area contributed by atoms with Crippen LogP contribution in [0.2, 0.25) is 0 Å². The Kier molecular flexibility index (Phi) is 5.27. The molecule has 3 rings (SSSR count). The van der Waals surface area contributed by atoms with Crippen LogP contribution in [0.4, 0.5) is 5.82 Å². The fourth-order valence-corrected chi connectivity index (χ4v) is 3.25. The zero-order valence-corrected chi connectivity index (χ0v) is 16.1. The Balaban J connectivity index is 1.87.